The lowest BCUT2D eigenvalue weighted by Gasteiger charge is -2.11. The van der Waals surface area contributed by atoms with E-state index in [0.717, 1.165) is 40.9 Å². The molecule has 0 radical (unpaired) electrons. The summed E-state index contributed by atoms with van der Waals surface area (Å²) in [5.74, 6) is -0.412. The van der Waals surface area contributed by atoms with E-state index >= 15 is 0 Å². The van der Waals surface area contributed by atoms with Gasteiger partial charge in [0.2, 0.25) is 0 Å². The summed E-state index contributed by atoms with van der Waals surface area (Å²) in [5.41, 5.74) is 5.80. The number of ether oxygens (including phenoxy) is 1. The average Bonchev–Trinajstić information content (AvgIpc) is 2.93. The van der Waals surface area contributed by atoms with Gasteiger partial charge in [-0.1, -0.05) is 43.7 Å². The fourth-order valence-electron chi connectivity index (χ4n) is 3.06. The first-order valence-electron chi connectivity index (χ1n) is 8.11. The van der Waals surface area contributed by atoms with E-state index in [-0.39, 0.29) is 0 Å². The number of methoxy groups -OCH3 is 1. The maximum Gasteiger partial charge on any atom is 0.357 e. The Kier molecular flexibility index (Phi) is 4.34. The molecule has 0 unspecified atom stereocenters. The molecule has 0 fully saturated rings. The number of nitrogens with zero attached hydrogens (tertiary/aromatic N) is 3. The van der Waals surface area contributed by atoms with Crippen LogP contribution in [-0.2, 0) is 11.2 Å². The minimum atomic E-state index is -0.412. The van der Waals surface area contributed by atoms with Crippen LogP contribution in [0.4, 0.5) is 0 Å². The first kappa shape index (κ1) is 16.2. The number of rotatable bonds is 4. The lowest BCUT2D eigenvalue weighted by atomic mass is 10.1. The third-order valence-corrected chi connectivity index (χ3v) is 4.23. The fourth-order valence-corrected chi connectivity index (χ4v) is 3.06. The standard InChI is InChI=1S/C19H21N3O2/c1-5-9-15-12(2)17(19(23)24-4)20-18-16(13(3)21-22(15)18)14-10-7-6-8-11-14/h6-8,10-11H,5,9H2,1-4H3. The van der Waals surface area contributed by atoms with Crippen molar-refractivity contribution in [3.63, 3.8) is 0 Å². The highest BCUT2D eigenvalue weighted by Crippen LogP contribution is 2.29. The summed E-state index contributed by atoms with van der Waals surface area (Å²) in [6.45, 7) is 5.99. The summed E-state index contributed by atoms with van der Waals surface area (Å²) in [4.78, 5) is 16.8. The molecule has 2 aromatic heterocycles. The smallest absolute Gasteiger partial charge is 0.357 e. The Bertz CT molecular complexity index is 898. The molecule has 0 aliphatic rings. The zero-order valence-corrected chi connectivity index (χ0v) is 14.5. The van der Waals surface area contributed by atoms with E-state index in [9.17, 15) is 4.79 Å². The SMILES string of the molecule is CCCc1c(C)c(C(=O)OC)nc2c(-c3ccccc3)c(C)nn12. The summed E-state index contributed by atoms with van der Waals surface area (Å²) in [7, 11) is 1.38. The molecule has 124 valence electrons. The van der Waals surface area contributed by atoms with Crippen molar-refractivity contribution in [2.75, 3.05) is 7.11 Å². The number of esters is 1. The highest BCUT2D eigenvalue weighted by atomic mass is 16.5. The minimum absolute atomic E-state index is 0.366. The number of fused-ring (bicyclic) bond motifs is 1. The van der Waals surface area contributed by atoms with Crippen LogP contribution in [0.5, 0.6) is 0 Å². The molecule has 0 saturated heterocycles. The highest BCUT2D eigenvalue weighted by Gasteiger charge is 2.22. The molecule has 5 nitrogen and oxygen atoms in total. The van der Waals surface area contributed by atoms with Crippen molar-refractivity contribution >= 4 is 11.6 Å². The molecule has 0 aliphatic heterocycles. The summed E-state index contributed by atoms with van der Waals surface area (Å²) in [6, 6.07) is 10.0. The van der Waals surface area contributed by atoms with Crippen molar-refractivity contribution in [1.82, 2.24) is 14.6 Å². The van der Waals surface area contributed by atoms with E-state index in [1.807, 2.05) is 48.7 Å². The first-order chi connectivity index (χ1) is 11.6. The van der Waals surface area contributed by atoms with E-state index in [2.05, 4.69) is 11.9 Å². The second kappa shape index (κ2) is 6.43. The molecule has 24 heavy (non-hydrogen) atoms. The minimum Gasteiger partial charge on any atom is -0.464 e. The molecule has 0 bridgehead atoms. The Hall–Kier alpha value is -2.69. The van der Waals surface area contributed by atoms with Crippen LogP contribution in [0, 0.1) is 13.8 Å². The van der Waals surface area contributed by atoms with E-state index < -0.39 is 5.97 Å². The zero-order chi connectivity index (χ0) is 17.3. The normalized spacial score (nSPS) is 11.0. The van der Waals surface area contributed by atoms with Crippen LogP contribution in [0.15, 0.2) is 30.3 Å². The second-order valence-corrected chi connectivity index (χ2v) is 5.84. The zero-order valence-electron chi connectivity index (χ0n) is 14.5. The van der Waals surface area contributed by atoms with Crippen molar-refractivity contribution < 1.29 is 9.53 Å². The summed E-state index contributed by atoms with van der Waals surface area (Å²) in [5, 5.41) is 4.70. The van der Waals surface area contributed by atoms with Gasteiger partial charge in [0.1, 0.15) is 0 Å². The summed E-state index contributed by atoms with van der Waals surface area (Å²) >= 11 is 0. The largest absolute Gasteiger partial charge is 0.464 e. The molecule has 0 saturated carbocycles. The van der Waals surface area contributed by atoms with Crippen LogP contribution >= 0.6 is 0 Å². The maximum absolute atomic E-state index is 12.2. The highest BCUT2D eigenvalue weighted by molar-refractivity contribution is 5.91. The molecule has 1 aromatic carbocycles. The second-order valence-electron chi connectivity index (χ2n) is 5.84. The van der Waals surface area contributed by atoms with Crippen molar-refractivity contribution in [3.05, 3.63) is 53.0 Å². The molecule has 0 atom stereocenters. The van der Waals surface area contributed by atoms with Gasteiger partial charge in [0.25, 0.3) is 0 Å². The molecular formula is C19H21N3O2. The number of carbonyl (C=O) groups excluding carboxylic acids is 1. The van der Waals surface area contributed by atoms with Gasteiger partial charge in [0, 0.05) is 16.8 Å². The van der Waals surface area contributed by atoms with Gasteiger partial charge in [-0.05, 0) is 25.8 Å². The summed E-state index contributed by atoms with van der Waals surface area (Å²) in [6.07, 6.45) is 1.78. The molecule has 3 rings (SSSR count). The van der Waals surface area contributed by atoms with E-state index in [0.29, 0.717) is 11.3 Å². The molecule has 2 heterocycles. The van der Waals surface area contributed by atoms with Gasteiger partial charge in [-0.3, -0.25) is 0 Å². The molecule has 0 aliphatic carbocycles. The molecule has 0 amide bonds. The molecule has 0 spiro atoms. The third-order valence-electron chi connectivity index (χ3n) is 4.23. The van der Waals surface area contributed by atoms with E-state index in [1.54, 1.807) is 0 Å². The van der Waals surface area contributed by atoms with Crippen LogP contribution in [0.3, 0.4) is 0 Å². The van der Waals surface area contributed by atoms with Crippen LogP contribution in [0.1, 0.15) is 40.8 Å². The first-order valence-corrected chi connectivity index (χ1v) is 8.11. The van der Waals surface area contributed by atoms with Crippen LogP contribution in [0.25, 0.3) is 16.8 Å². The van der Waals surface area contributed by atoms with Crippen molar-refractivity contribution in [2.24, 2.45) is 0 Å². The van der Waals surface area contributed by atoms with Gasteiger partial charge in [-0.2, -0.15) is 5.10 Å². The van der Waals surface area contributed by atoms with Crippen LogP contribution in [-0.4, -0.2) is 27.7 Å². The monoisotopic (exact) mass is 323 g/mol. The number of benzene rings is 1. The van der Waals surface area contributed by atoms with Crippen LogP contribution in [0.2, 0.25) is 0 Å². The number of aromatic nitrogens is 3. The van der Waals surface area contributed by atoms with Gasteiger partial charge >= 0.3 is 5.97 Å². The Morgan fingerprint density at radius 3 is 2.54 bits per heavy atom. The number of carbonyl (C=O) groups is 1. The predicted octanol–water partition coefficient (Wildman–Crippen LogP) is 3.75. The van der Waals surface area contributed by atoms with Crippen molar-refractivity contribution in [3.8, 4) is 11.1 Å². The van der Waals surface area contributed by atoms with Gasteiger partial charge in [-0.15, -0.1) is 0 Å². The number of aryl methyl sites for hydroxylation is 2. The average molecular weight is 323 g/mol. The van der Waals surface area contributed by atoms with Gasteiger partial charge in [-0.25, -0.2) is 14.3 Å². The quantitative estimate of drug-likeness (QED) is 0.686. The Morgan fingerprint density at radius 1 is 1.21 bits per heavy atom. The Morgan fingerprint density at radius 2 is 1.92 bits per heavy atom. The van der Waals surface area contributed by atoms with Crippen molar-refractivity contribution in [1.29, 1.82) is 0 Å². The van der Waals surface area contributed by atoms with Gasteiger partial charge in [0.15, 0.2) is 11.3 Å². The lowest BCUT2D eigenvalue weighted by Crippen LogP contribution is -2.13. The van der Waals surface area contributed by atoms with E-state index in [1.165, 1.54) is 7.11 Å². The Balaban J connectivity index is 2.38. The molecule has 3 aromatic rings. The molecule has 0 N–H and O–H groups in total. The van der Waals surface area contributed by atoms with Crippen LogP contribution < -0.4 is 0 Å². The molecule has 5 heteroatoms. The van der Waals surface area contributed by atoms with Crippen molar-refractivity contribution in [2.45, 2.75) is 33.6 Å². The lowest BCUT2D eigenvalue weighted by molar-refractivity contribution is 0.0593. The maximum atomic E-state index is 12.2. The van der Waals surface area contributed by atoms with Gasteiger partial charge < -0.3 is 4.74 Å². The predicted molar refractivity (Wildman–Crippen MR) is 93.2 cm³/mol. The number of hydrogen-bond acceptors (Lipinski definition) is 4. The topological polar surface area (TPSA) is 56.5 Å². The third kappa shape index (κ3) is 2.56. The Labute approximate surface area is 141 Å². The fraction of sp³-hybridized carbons (Fsp3) is 0.316. The molecular weight excluding hydrogens is 302 g/mol. The van der Waals surface area contributed by atoms with Gasteiger partial charge in [0.05, 0.1) is 12.8 Å². The number of hydrogen-bond donors (Lipinski definition) is 0. The van der Waals surface area contributed by atoms with E-state index in [4.69, 9.17) is 9.84 Å². The summed E-state index contributed by atoms with van der Waals surface area (Å²) < 4.78 is 6.80.